The van der Waals surface area contributed by atoms with Gasteiger partial charge in [-0.2, -0.15) is 0 Å². The van der Waals surface area contributed by atoms with Crippen molar-refractivity contribution in [3.8, 4) is 0 Å². The molecule has 0 aromatic rings. The molecule has 0 saturated heterocycles. The summed E-state index contributed by atoms with van der Waals surface area (Å²) in [4.78, 5) is 0. The van der Waals surface area contributed by atoms with Crippen LogP contribution < -0.4 is 0 Å². The van der Waals surface area contributed by atoms with Gasteiger partial charge in [-0.1, -0.05) is 84.5 Å². The van der Waals surface area contributed by atoms with Crippen LogP contribution in [0, 0.1) is 0 Å². The Labute approximate surface area is 118 Å². The first kappa shape index (κ1) is 18.2. The van der Waals surface area contributed by atoms with Crippen LogP contribution in [-0.2, 0) is 4.43 Å². The molecule has 0 aromatic heterocycles. The maximum atomic E-state index is 5.61. The summed E-state index contributed by atoms with van der Waals surface area (Å²) in [7, 11) is -0.156. The van der Waals surface area contributed by atoms with E-state index >= 15 is 0 Å². The molecule has 18 heavy (non-hydrogen) atoms. The summed E-state index contributed by atoms with van der Waals surface area (Å²) in [5.41, 5.74) is 0. The number of rotatable bonds is 15. The molecule has 0 amide bonds. The lowest BCUT2D eigenvalue weighted by atomic mass is 10.1. The van der Waals surface area contributed by atoms with Gasteiger partial charge in [0.2, 0.25) is 0 Å². The van der Waals surface area contributed by atoms with Gasteiger partial charge >= 0.3 is 0 Å². The van der Waals surface area contributed by atoms with E-state index in [0.717, 1.165) is 6.61 Å². The van der Waals surface area contributed by atoms with E-state index in [9.17, 15) is 0 Å². The number of unbranched alkanes of at least 4 members (excludes halogenated alkanes) is 10. The van der Waals surface area contributed by atoms with Crippen molar-refractivity contribution in [3.63, 3.8) is 0 Å². The topological polar surface area (TPSA) is 9.23 Å². The SMILES string of the molecule is CCCCCCCCCCCCC[SiH2]OCCC. The highest BCUT2D eigenvalue weighted by atomic mass is 28.2. The fourth-order valence-electron chi connectivity index (χ4n) is 2.29. The van der Waals surface area contributed by atoms with E-state index in [2.05, 4.69) is 13.8 Å². The second-order valence-electron chi connectivity index (χ2n) is 5.50. The molecule has 0 radical (unpaired) electrons. The van der Waals surface area contributed by atoms with Crippen LogP contribution >= 0.6 is 0 Å². The lowest BCUT2D eigenvalue weighted by Gasteiger charge is -2.03. The smallest absolute Gasteiger partial charge is 0.161 e. The van der Waals surface area contributed by atoms with E-state index in [1.807, 2.05) is 0 Å². The Balaban J connectivity index is 2.86. The molecule has 0 aliphatic rings. The Bertz CT molecular complexity index is 123. The second kappa shape index (κ2) is 17.2. The van der Waals surface area contributed by atoms with Crippen molar-refractivity contribution in [1.82, 2.24) is 0 Å². The Morgan fingerprint density at radius 1 is 0.611 bits per heavy atom. The van der Waals surface area contributed by atoms with Gasteiger partial charge in [-0.25, -0.2) is 0 Å². The first-order valence-corrected chi connectivity index (χ1v) is 10.1. The van der Waals surface area contributed by atoms with Crippen LogP contribution in [0.2, 0.25) is 6.04 Å². The molecule has 0 bridgehead atoms. The van der Waals surface area contributed by atoms with E-state index in [1.54, 1.807) is 0 Å². The molecule has 0 saturated carbocycles. The maximum absolute atomic E-state index is 5.61. The molecule has 0 aromatic carbocycles. The quantitative estimate of drug-likeness (QED) is 0.293. The summed E-state index contributed by atoms with van der Waals surface area (Å²) in [5, 5.41) is 0. The Morgan fingerprint density at radius 3 is 1.61 bits per heavy atom. The van der Waals surface area contributed by atoms with Crippen LogP contribution in [0.3, 0.4) is 0 Å². The summed E-state index contributed by atoms with van der Waals surface area (Å²) < 4.78 is 5.61. The van der Waals surface area contributed by atoms with Crippen LogP contribution in [0.4, 0.5) is 0 Å². The van der Waals surface area contributed by atoms with Gasteiger partial charge in [-0.05, 0) is 12.5 Å². The molecule has 2 heteroatoms. The van der Waals surface area contributed by atoms with Crippen molar-refractivity contribution in [3.05, 3.63) is 0 Å². The van der Waals surface area contributed by atoms with Crippen molar-refractivity contribution in [2.24, 2.45) is 0 Å². The maximum Gasteiger partial charge on any atom is 0.161 e. The molecular formula is C16H36OSi. The number of hydrogen-bond donors (Lipinski definition) is 0. The highest BCUT2D eigenvalue weighted by Gasteiger charge is 1.94. The minimum atomic E-state index is -0.156. The van der Waals surface area contributed by atoms with Gasteiger partial charge in [-0.15, -0.1) is 0 Å². The van der Waals surface area contributed by atoms with E-state index < -0.39 is 0 Å². The summed E-state index contributed by atoms with van der Waals surface area (Å²) in [6.45, 7) is 5.48. The van der Waals surface area contributed by atoms with Gasteiger partial charge in [0.15, 0.2) is 9.76 Å². The standard InChI is InChI=1S/C16H36OSi/c1-3-5-6-7-8-9-10-11-12-13-14-16-18-17-15-4-2/h3-16,18H2,1-2H3. The van der Waals surface area contributed by atoms with Crippen LogP contribution in [0.15, 0.2) is 0 Å². The predicted molar refractivity (Wildman–Crippen MR) is 86.1 cm³/mol. The predicted octanol–water partition coefficient (Wildman–Crippen LogP) is 5.23. The van der Waals surface area contributed by atoms with Crippen molar-refractivity contribution >= 4 is 9.76 Å². The normalized spacial score (nSPS) is 11.7. The zero-order valence-corrected chi connectivity index (χ0v) is 14.4. The van der Waals surface area contributed by atoms with Crippen molar-refractivity contribution in [1.29, 1.82) is 0 Å². The third-order valence-electron chi connectivity index (χ3n) is 3.49. The Hall–Kier alpha value is 0.177. The first-order chi connectivity index (χ1) is 8.91. The lowest BCUT2D eigenvalue weighted by Crippen LogP contribution is -1.98. The van der Waals surface area contributed by atoms with Crippen molar-refractivity contribution < 1.29 is 4.43 Å². The van der Waals surface area contributed by atoms with Gasteiger partial charge in [-0.3, -0.25) is 0 Å². The molecule has 0 aliphatic heterocycles. The third kappa shape index (κ3) is 16.2. The molecule has 0 heterocycles. The van der Waals surface area contributed by atoms with E-state index in [0.29, 0.717) is 0 Å². The molecule has 0 atom stereocenters. The van der Waals surface area contributed by atoms with Crippen LogP contribution in [0.5, 0.6) is 0 Å². The zero-order chi connectivity index (χ0) is 13.3. The third-order valence-corrected chi connectivity index (χ3v) is 4.86. The average Bonchev–Trinajstić information content (AvgIpc) is 2.39. The number of hydrogen-bond acceptors (Lipinski definition) is 1. The zero-order valence-electron chi connectivity index (χ0n) is 13.0. The van der Waals surface area contributed by atoms with E-state index in [4.69, 9.17) is 4.43 Å². The average molecular weight is 273 g/mol. The molecule has 0 unspecified atom stereocenters. The Kier molecular flexibility index (Phi) is 17.3. The molecule has 0 N–H and O–H groups in total. The molecule has 1 nitrogen and oxygen atoms in total. The summed E-state index contributed by atoms with van der Waals surface area (Å²) >= 11 is 0. The largest absolute Gasteiger partial charge is 0.424 e. The molecule has 0 spiro atoms. The van der Waals surface area contributed by atoms with Gasteiger partial charge < -0.3 is 4.43 Å². The van der Waals surface area contributed by atoms with Crippen LogP contribution in [-0.4, -0.2) is 16.4 Å². The molecule has 0 fully saturated rings. The molecule has 110 valence electrons. The molecule has 0 aliphatic carbocycles. The van der Waals surface area contributed by atoms with E-state index in [1.165, 1.54) is 83.1 Å². The van der Waals surface area contributed by atoms with Gasteiger partial charge in [0.05, 0.1) is 0 Å². The molecule has 0 rings (SSSR count). The minimum Gasteiger partial charge on any atom is -0.424 e. The van der Waals surface area contributed by atoms with E-state index in [-0.39, 0.29) is 9.76 Å². The van der Waals surface area contributed by atoms with Crippen LogP contribution in [0.25, 0.3) is 0 Å². The van der Waals surface area contributed by atoms with Gasteiger partial charge in [0.1, 0.15) is 0 Å². The van der Waals surface area contributed by atoms with Crippen molar-refractivity contribution in [2.75, 3.05) is 6.61 Å². The van der Waals surface area contributed by atoms with Gasteiger partial charge in [0, 0.05) is 6.61 Å². The van der Waals surface area contributed by atoms with Crippen LogP contribution in [0.1, 0.15) is 90.9 Å². The lowest BCUT2D eigenvalue weighted by molar-refractivity contribution is 0.334. The summed E-state index contributed by atoms with van der Waals surface area (Å²) in [6.07, 6.45) is 17.1. The molecular weight excluding hydrogens is 236 g/mol. The van der Waals surface area contributed by atoms with Crippen molar-refractivity contribution in [2.45, 2.75) is 96.9 Å². The van der Waals surface area contributed by atoms with Gasteiger partial charge in [0.25, 0.3) is 0 Å². The summed E-state index contributed by atoms with van der Waals surface area (Å²) in [6, 6.07) is 1.40. The first-order valence-electron chi connectivity index (χ1n) is 8.49. The minimum absolute atomic E-state index is 0.156. The Morgan fingerprint density at radius 2 is 1.11 bits per heavy atom. The highest BCUT2D eigenvalue weighted by Crippen LogP contribution is 2.11. The monoisotopic (exact) mass is 272 g/mol. The summed E-state index contributed by atoms with van der Waals surface area (Å²) in [5.74, 6) is 0. The fourth-order valence-corrected chi connectivity index (χ4v) is 3.55. The second-order valence-corrected chi connectivity index (χ2v) is 7.03. The fraction of sp³-hybridized carbons (Fsp3) is 1.00. The highest BCUT2D eigenvalue weighted by molar-refractivity contribution is 6.26.